The molecule has 5 heteroatoms. The van der Waals surface area contributed by atoms with Crippen molar-refractivity contribution < 1.29 is 9.32 Å². The predicted molar refractivity (Wildman–Crippen MR) is 96.2 cm³/mol. The molecule has 0 radical (unpaired) electrons. The van der Waals surface area contributed by atoms with Crippen LogP contribution in [0.4, 0.5) is 0 Å². The summed E-state index contributed by atoms with van der Waals surface area (Å²) in [7, 11) is 0. The third-order valence-corrected chi connectivity index (χ3v) is 4.85. The lowest BCUT2D eigenvalue weighted by atomic mass is 9.92. The molecule has 1 aliphatic rings. The predicted octanol–water partition coefficient (Wildman–Crippen LogP) is 3.80. The molecule has 1 amide bonds. The fourth-order valence-electron chi connectivity index (χ4n) is 3.44. The molecule has 134 valence electrons. The fraction of sp³-hybridized carbons (Fsp3) is 0.550. The van der Waals surface area contributed by atoms with Crippen molar-refractivity contribution in [1.82, 2.24) is 15.0 Å². The maximum absolute atomic E-state index is 12.6. The number of likely N-dealkylation sites (tertiary alicyclic amines) is 1. The molecule has 2 aromatic rings. The van der Waals surface area contributed by atoms with Gasteiger partial charge in [0, 0.05) is 25.4 Å². The summed E-state index contributed by atoms with van der Waals surface area (Å²) in [6, 6.07) is 10.1. The standard InChI is InChI=1S/C20H27N3O2/c1-3-8-16(9-4-2)20(24)23-13-17(14-23)19-21-18(22-25-19)12-15-10-6-5-7-11-15/h5-7,10-11,16-17H,3-4,8-9,12-14H2,1-2H3. The average molecular weight is 341 g/mol. The van der Waals surface area contributed by atoms with Crippen LogP contribution < -0.4 is 0 Å². The van der Waals surface area contributed by atoms with E-state index in [4.69, 9.17) is 4.52 Å². The van der Waals surface area contributed by atoms with Gasteiger partial charge in [-0.25, -0.2) is 0 Å². The second-order valence-electron chi connectivity index (χ2n) is 6.93. The quantitative estimate of drug-likeness (QED) is 0.733. The molecule has 1 aliphatic heterocycles. The molecule has 2 heterocycles. The highest BCUT2D eigenvalue weighted by Crippen LogP contribution is 2.29. The van der Waals surface area contributed by atoms with Crippen molar-refractivity contribution in [3.8, 4) is 0 Å². The van der Waals surface area contributed by atoms with Gasteiger partial charge in [0.15, 0.2) is 5.82 Å². The Morgan fingerprint density at radius 1 is 1.20 bits per heavy atom. The number of aromatic nitrogens is 2. The molecule has 0 atom stereocenters. The van der Waals surface area contributed by atoms with Crippen molar-refractivity contribution in [1.29, 1.82) is 0 Å². The zero-order valence-electron chi connectivity index (χ0n) is 15.1. The summed E-state index contributed by atoms with van der Waals surface area (Å²) in [6.45, 7) is 5.69. The molecule has 1 aromatic heterocycles. The molecule has 1 aromatic carbocycles. The monoisotopic (exact) mass is 341 g/mol. The molecule has 0 N–H and O–H groups in total. The minimum atomic E-state index is 0.173. The summed E-state index contributed by atoms with van der Waals surface area (Å²) in [5, 5.41) is 4.09. The number of hydrogen-bond donors (Lipinski definition) is 0. The van der Waals surface area contributed by atoms with Crippen molar-refractivity contribution in [3.63, 3.8) is 0 Å². The topological polar surface area (TPSA) is 59.2 Å². The number of carbonyl (C=O) groups is 1. The zero-order chi connectivity index (χ0) is 17.6. The van der Waals surface area contributed by atoms with Crippen LogP contribution in [0.15, 0.2) is 34.9 Å². The van der Waals surface area contributed by atoms with Gasteiger partial charge in [-0.05, 0) is 18.4 Å². The van der Waals surface area contributed by atoms with E-state index in [1.165, 1.54) is 5.56 Å². The molecule has 1 fully saturated rings. The second kappa shape index (κ2) is 8.28. The molecule has 0 saturated carbocycles. The van der Waals surface area contributed by atoms with Gasteiger partial charge >= 0.3 is 0 Å². The molecule has 3 rings (SSSR count). The first-order valence-corrected chi connectivity index (χ1v) is 9.36. The fourth-order valence-corrected chi connectivity index (χ4v) is 3.44. The number of amides is 1. The molecule has 0 unspecified atom stereocenters. The Morgan fingerprint density at radius 2 is 1.88 bits per heavy atom. The molecular weight excluding hydrogens is 314 g/mol. The molecule has 0 aliphatic carbocycles. The highest BCUT2D eigenvalue weighted by molar-refractivity contribution is 5.79. The van der Waals surface area contributed by atoms with Crippen LogP contribution in [0, 0.1) is 5.92 Å². The van der Waals surface area contributed by atoms with Gasteiger partial charge < -0.3 is 9.42 Å². The summed E-state index contributed by atoms with van der Waals surface area (Å²) < 4.78 is 5.43. The normalized spacial score (nSPS) is 14.8. The van der Waals surface area contributed by atoms with Crippen LogP contribution in [-0.4, -0.2) is 34.0 Å². The van der Waals surface area contributed by atoms with Crippen LogP contribution in [0.25, 0.3) is 0 Å². The van der Waals surface area contributed by atoms with Gasteiger partial charge in [0.1, 0.15) is 0 Å². The van der Waals surface area contributed by atoms with E-state index in [0.29, 0.717) is 37.1 Å². The van der Waals surface area contributed by atoms with Crippen LogP contribution in [0.1, 0.15) is 62.7 Å². The van der Waals surface area contributed by atoms with E-state index in [2.05, 4.69) is 36.1 Å². The third-order valence-electron chi connectivity index (χ3n) is 4.85. The minimum Gasteiger partial charge on any atom is -0.341 e. The summed E-state index contributed by atoms with van der Waals surface area (Å²) in [5.41, 5.74) is 1.17. The van der Waals surface area contributed by atoms with Gasteiger partial charge in [0.05, 0.1) is 5.92 Å². The minimum absolute atomic E-state index is 0.173. The lowest BCUT2D eigenvalue weighted by Gasteiger charge is -2.39. The maximum atomic E-state index is 12.6. The number of hydrogen-bond acceptors (Lipinski definition) is 4. The SMILES string of the molecule is CCCC(CCC)C(=O)N1CC(c2nc(Cc3ccccc3)no2)C1. The first-order chi connectivity index (χ1) is 12.2. The van der Waals surface area contributed by atoms with E-state index in [1.807, 2.05) is 23.1 Å². The average Bonchev–Trinajstić information content (AvgIpc) is 3.02. The third kappa shape index (κ3) is 4.27. The zero-order valence-corrected chi connectivity index (χ0v) is 15.1. The lowest BCUT2D eigenvalue weighted by Crippen LogP contribution is -2.50. The highest BCUT2D eigenvalue weighted by Gasteiger charge is 2.37. The van der Waals surface area contributed by atoms with Crippen molar-refractivity contribution in [2.24, 2.45) is 5.92 Å². The van der Waals surface area contributed by atoms with Gasteiger partial charge in [-0.15, -0.1) is 0 Å². The molecule has 25 heavy (non-hydrogen) atoms. The lowest BCUT2D eigenvalue weighted by molar-refractivity contribution is -0.141. The molecular formula is C20H27N3O2. The van der Waals surface area contributed by atoms with Crippen molar-refractivity contribution in [2.45, 2.75) is 51.9 Å². The van der Waals surface area contributed by atoms with E-state index in [-0.39, 0.29) is 11.8 Å². The number of rotatable bonds is 8. The van der Waals surface area contributed by atoms with Gasteiger partial charge in [-0.1, -0.05) is 62.2 Å². The Kier molecular flexibility index (Phi) is 5.84. The van der Waals surface area contributed by atoms with E-state index >= 15 is 0 Å². The van der Waals surface area contributed by atoms with Gasteiger partial charge in [0.25, 0.3) is 0 Å². The Bertz CT molecular complexity index is 671. The Labute approximate surface area is 149 Å². The van der Waals surface area contributed by atoms with Gasteiger partial charge in [0.2, 0.25) is 11.8 Å². The van der Waals surface area contributed by atoms with Crippen LogP contribution in [-0.2, 0) is 11.2 Å². The van der Waals surface area contributed by atoms with Gasteiger partial charge in [-0.2, -0.15) is 4.98 Å². The number of carbonyl (C=O) groups excluding carboxylic acids is 1. The molecule has 0 spiro atoms. The summed E-state index contributed by atoms with van der Waals surface area (Å²) in [4.78, 5) is 19.1. The van der Waals surface area contributed by atoms with Gasteiger partial charge in [-0.3, -0.25) is 4.79 Å². The van der Waals surface area contributed by atoms with E-state index < -0.39 is 0 Å². The summed E-state index contributed by atoms with van der Waals surface area (Å²) in [5.74, 6) is 2.03. The summed E-state index contributed by atoms with van der Waals surface area (Å²) >= 11 is 0. The van der Waals surface area contributed by atoms with Crippen LogP contribution in [0.3, 0.4) is 0 Å². The van der Waals surface area contributed by atoms with Crippen molar-refractivity contribution >= 4 is 5.91 Å². The molecule has 1 saturated heterocycles. The van der Waals surface area contributed by atoms with E-state index in [0.717, 1.165) is 25.7 Å². The van der Waals surface area contributed by atoms with Crippen LogP contribution in [0.5, 0.6) is 0 Å². The second-order valence-corrected chi connectivity index (χ2v) is 6.93. The van der Waals surface area contributed by atoms with Crippen molar-refractivity contribution in [2.75, 3.05) is 13.1 Å². The summed E-state index contributed by atoms with van der Waals surface area (Å²) in [6.07, 6.45) is 4.75. The number of nitrogens with zero attached hydrogens (tertiary/aromatic N) is 3. The Morgan fingerprint density at radius 3 is 2.52 bits per heavy atom. The Hall–Kier alpha value is -2.17. The van der Waals surface area contributed by atoms with E-state index in [1.54, 1.807) is 0 Å². The highest BCUT2D eigenvalue weighted by atomic mass is 16.5. The Balaban J connectivity index is 1.53. The first kappa shape index (κ1) is 17.6. The smallest absolute Gasteiger partial charge is 0.233 e. The largest absolute Gasteiger partial charge is 0.341 e. The molecule has 5 nitrogen and oxygen atoms in total. The van der Waals surface area contributed by atoms with Crippen molar-refractivity contribution in [3.05, 3.63) is 47.6 Å². The first-order valence-electron chi connectivity index (χ1n) is 9.36. The van der Waals surface area contributed by atoms with Crippen LogP contribution in [0.2, 0.25) is 0 Å². The maximum Gasteiger partial charge on any atom is 0.233 e. The molecule has 0 bridgehead atoms. The van der Waals surface area contributed by atoms with E-state index in [9.17, 15) is 4.79 Å². The number of benzene rings is 1. The van der Waals surface area contributed by atoms with Crippen LogP contribution >= 0.6 is 0 Å².